The Hall–Kier alpha value is -2.21. The van der Waals surface area contributed by atoms with Crippen LogP contribution in [0.4, 0.5) is 0 Å². The number of hydrogen-bond acceptors (Lipinski definition) is 5. The second-order valence-corrected chi connectivity index (χ2v) is 7.60. The van der Waals surface area contributed by atoms with E-state index in [1.54, 1.807) is 0 Å². The Bertz CT molecular complexity index is 706. The molecule has 6 nitrogen and oxygen atoms in total. The number of rotatable bonds is 5. The van der Waals surface area contributed by atoms with Crippen LogP contribution in [0, 0.1) is 0 Å². The van der Waals surface area contributed by atoms with E-state index >= 15 is 0 Å². The second kappa shape index (κ2) is 7.35. The molecule has 1 atom stereocenters. The third-order valence-electron chi connectivity index (χ3n) is 4.43. The number of nitrogens with one attached hydrogen (secondary N) is 1. The van der Waals surface area contributed by atoms with Crippen LogP contribution in [0.25, 0.3) is 0 Å². The number of aromatic nitrogens is 2. The fourth-order valence-corrected chi connectivity index (χ4v) is 3.04. The average molecular weight is 342 g/mol. The van der Waals surface area contributed by atoms with Crippen LogP contribution in [-0.4, -0.2) is 33.5 Å². The van der Waals surface area contributed by atoms with Crippen molar-refractivity contribution >= 4 is 5.91 Å². The molecule has 0 aliphatic carbocycles. The summed E-state index contributed by atoms with van der Waals surface area (Å²) in [6.45, 7) is 8.10. The third-order valence-corrected chi connectivity index (χ3v) is 4.43. The Morgan fingerprint density at radius 3 is 2.76 bits per heavy atom. The van der Waals surface area contributed by atoms with E-state index in [0.717, 1.165) is 25.9 Å². The summed E-state index contributed by atoms with van der Waals surface area (Å²) < 4.78 is 5.26. The van der Waals surface area contributed by atoms with Gasteiger partial charge in [-0.1, -0.05) is 56.3 Å². The molecule has 2 aromatic rings. The molecule has 134 valence electrons. The summed E-state index contributed by atoms with van der Waals surface area (Å²) in [6.07, 6.45) is 1.93. The van der Waals surface area contributed by atoms with Crippen molar-refractivity contribution < 1.29 is 9.32 Å². The monoisotopic (exact) mass is 342 g/mol. The highest BCUT2D eigenvalue weighted by Gasteiger charge is 2.30. The van der Waals surface area contributed by atoms with Crippen molar-refractivity contribution in [3.05, 3.63) is 47.6 Å². The van der Waals surface area contributed by atoms with Gasteiger partial charge in [-0.3, -0.25) is 9.69 Å². The van der Waals surface area contributed by atoms with Crippen LogP contribution < -0.4 is 5.32 Å². The van der Waals surface area contributed by atoms with Crippen LogP contribution >= 0.6 is 0 Å². The molecule has 1 aromatic heterocycles. The van der Waals surface area contributed by atoms with Gasteiger partial charge in [-0.15, -0.1) is 0 Å². The number of amides is 1. The van der Waals surface area contributed by atoms with Gasteiger partial charge in [-0.25, -0.2) is 0 Å². The molecule has 1 N–H and O–H groups in total. The number of carbonyl (C=O) groups is 1. The Balaban J connectivity index is 1.56. The lowest BCUT2D eigenvalue weighted by molar-refractivity contribution is -0.125. The highest BCUT2D eigenvalue weighted by atomic mass is 16.5. The van der Waals surface area contributed by atoms with E-state index in [-0.39, 0.29) is 17.4 Å². The first-order valence-electron chi connectivity index (χ1n) is 8.82. The van der Waals surface area contributed by atoms with Crippen molar-refractivity contribution in [3.63, 3.8) is 0 Å². The van der Waals surface area contributed by atoms with E-state index in [0.29, 0.717) is 18.3 Å². The maximum Gasteiger partial charge on any atom is 0.237 e. The predicted octanol–water partition coefficient (Wildman–Crippen LogP) is 2.65. The quantitative estimate of drug-likeness (QED) is 0.904. The molecule has 0 spiro atoms. The summed E-state index contributed by atoms with van der Waals surface area (Å²) in [6, 6.07) is 10.2. The van der Waals surface area contributed by atoms with Crippen LogP contribution in [0.2, 0.25) is 0 Å². The maximum atomic E-state index is 12.6. The number of benzene rings is 1. The van der Waals surface area contributed by atoms with Crippen molar-refractivity contribution in [2.24, 2.45) is 0 Å². The average Bonchev–Trinajstić information content (AvgIpc) is 3.22. The van der Waals surface area contributed by atoms with E-state index in [1.807, 2.05) is 39.0 Å². The smallest absolute Gasteiger partial charge is 0.237 e. The molecule has 1 amide bonds. The largest absolute Gasteiger partial charge is 0.347 e. The van der Waals surface area contributed by atoms with Crippen LogP contribution in [0.3, 0.4) is 0 Å². The second-order valence-electron chi connectivity index (χ2n) is 7.60. The predicted molar refractivity (Wildman–Crippen MR) is 94.7 cm³/mol. The van der Waals surface area contributed by atoms with Gasteiger partial charge in [0, 0.05) is 12.0 Å². The van der Waals surface area contributed by atoms with E-state index < -0.39 is 0 Å². The van der Waals surface area contributed by atoms with Gasteiger partial charge < -0.3 is 9.84 Å². The molecular formula is C19H26N4O2. The van der Waals surface area contributed by atoms with E-state index in [2.05, 4.69) is 32.5 Å². The molecule has 6 heteroatoms. The van der Waals surface area contributed by atoms with Crippen molar-refractivity contribution in [2.75, 3.05) is 6.54 Å². The van der Waals surface area contributed by atoms with Gasteiger partial charge in [0.15, 0.2) is 5.82 Å². The molecule has 3 rings (SSSR count). The normalized spacial score (nSPS) is 18.4. The number of carbonyl (C=O) groups excluding carboxylic acids is 1. The highest BCUT2D eigenvalue weighted by Crippen LogP contribution is 2.21. The van der Waals surface area contributed by atoms with Gasteiger partial charge in [0.05, 0.1) is 12.6 Å². The molecule has 1 aliphatic heterocycles. The lowest BCUT2D eigenvalue weighted by Crippen LogP contribution is -2.42. The fraction of sp³-hybridized carbons (Fsp3) is 0.526. The number of nitrogens with zero attached hydrogens (tertiary/aromatic N) is 3. The highest BCUT2D eigenvalue weighted by molar-refractivity contribution is 5.81. The SMILES string of the molecule is CC(C)(C)c1nc(CNC(=O)[C@H]2CCCN2Cc2ccccc2)no1. The van der Waals surface area contributed by atoms with Crippen LogP contribution in [0.15, 0.2) is 34.9 Å². The summed E-state index contributed by atoms with van der Waals surface area (Å²) >= 11 is 0. The molecule has 1 aliphatic rings. The van der Waals surface area contributed by atoms with E-state index in [9.17, 15) is 4.79 Å². The van der Waals surface area contributed by atoms with E-state index in [1.165, 1.54) is 5.56 Å². The zero-order chi connectivity index (χ0) is 17.9. The van der Waals surface area contributed by atoms with Gasteiger partial charge in [-0.05, 0) is 24.9 Å². The molecule has 0 radical (unpaired) electrons. The lowest BCUT2D eigenvalue weighted by Gasteiger charge is -2.23. The van der Waals surface area contributed by atoms with Crippen molar-refractivity contribution in [1.29, 1.82) is 0 Å². The lowest BCUT2D eigenvalue weighted by atomic mass is 9.97. The summed E-state index contributed by atoms with van der Waals surface area (Å²) in [7, 11) is 0. The first-order chi connectivity index (χ1) is 11.9. The van der Waals surface area contributed by atoms with Gasteiger partial charge in [0.25, 0.3) is 0 Å². The third kappa shape index (κ3) is 4.45. The summed E-state index contributed by atoms with van der Waals surface area (Å²) in [5, 5.41) is 6.91. The van der Waals surface area contributed by atoms with E-state index in [4.69, 9.17) is 4.52 Å². The maximum absolute atomic E-state index is 12.6. The Kier molecular flexibility index (Phi) is 5.18. The Labute approximate surface area is 148 Å². The number of likely N-dealkylation sites (tertiary alicyclic amines) is 1. The Morgan fingerprint density at radius 2 is 2.08 bits per heavy atom. The molecule has 0 bridgehead atoms. The fourth-order valence-electron chi connectivity index (χ4n) is 3.04. The minimum Gasteiger partial charge on any atom is -0.347 e. The number of hydrogen-bond donors (Lipinski definition) is 1. The van der Waals surface area contributed by atoms with Crippen molar-refractivity contribution in [1.82, 2.24) is 20.4 Å². The zero-order valence-electron chi connectivity index (χ0n) is 15.2. The van der Waals surface area contributed by atoms with Crippen molar-refractivity contribution in [3.8, 4) is 0 Å². The molecule has 1 saturated heterocycles. The van der Waals surface area contributed by atoms with Crippen molar-refractivity contribution in [2.45, 2.75) is 58.2 Å². The molecule has 1 fully saturated rings. The van der Waals surface area contributed by atoms with Gasteiger partial charge in [0.2, 0.25) is 11.8 Å². The van der Waals surface area contributed by atoms with Gasteiger partial charge in [0.1, 0.15) is 0 Å². The summed E-state index contributed by atoms with van der Waals surface area (Å²) in [5.41, 5.74) is 1.04. The summed E-state index contributed by atoms with van der Waals surface area (Å²) in [4.78, 5) is 19.2. The molecular weight excluding hydrogens is 316 g/mol. The minimum atomic E-state index is -0.187. The molecule has 2 heterocycles. The summed E-state index contributed by atoms with van der Waals surface area (Å²) in [5.74, 6) is 1.14. The molecule has 0 unspecified atom stereocenters. The van der Waals surface area contributed by atoms with Crippen LogP contribution in [0.5, 0.6) is 0 Å². The molecule has 1 aromatic carbocycles. The molecule has 25 heavy (non-hydrogen) atoms. The zero-order valence-corrected chi connectivity index (χ0v) is 15.2. The first kappa shape index (κ1) is 17.6. The van der Waals surface area contributed by atoms with Crippen LogP contribution in [-0.2, 0) is 23.3 Å². The topological polar surface area (TPSA) is 71.3 Å². The standard InChI is InChI=1S/C19H26N4O2/c1-19(2,3)18-21-16(22-25-18)12-20-17(24)15-10-7-11-23(15)13-14-8-5-4-6-9-14/h4-6,8-9,15H,7,10-13H2,1-3H3,(H,20,24)/t15-/m1/s1. The Morgan fingerprint density at radius 1 is 1.32 bits per heavy atom. The minimum absolute atomic E-state index is 0.0375. The first-order valence-corrected chi connectivity index (χ1v) is 8.82. The van der Waals surface area contributed by atoms with Gasteiger partial charge in [-0.2, -0.15) is 4.98 Å². The van der Waals surface area contributed by atoms with Gasteiger partial charge >= 0.3 is 0 Å². The van der Waals surface area contributed by atoms with Crippen LogP contribution in [0.1, 0.15) is 50.9 Å². The molecule has 0 saturated carbocycles.